The van der Waals surface area contributed by atoms with E-state index >= 15 is 0 Å². The Morgan fingerprint density at radius 3 is 2.21 bits per heavy atom. The molecule has 1 fully saturated rings. The van der Waals surface area contributed by atoms with Gasteiger partial charge in [-0.1, -0.05) is 29.8 Å². The minimum Gasteiger partial charge on any atom is -0.496 e. The second-order valence-electron chi connectivity index (χ2n) is 11.0. The number of rotatable bonds is 8. The Morgan fingerprint density at radius 1 is 0.953 bits per heavy atom. The van der Waals surface area contributed by atoms with Crippen LogP contribution in [0.3, 0.4) is 0 Å². The summed E-state index contributed by atoms with van der Waals surface area (Å²) in [7, 11) is 6.94. The minimum atomic E-state index is -0.662. The maximum atomic E-state index is 14.7. The lowest BCUT2D eigenvalue weighted by atomic mass is 9.89. The van der Waals surface area contributed by atoms with E-state index in [9.17, 15) is 18.4 Å². The smallest absolute Gasteiger partial charge is 0.266 e. The molecule has 1 heterocycles. The number of nitrogens with zero attached hydrogens (tertiary/aromatic N) is 2. The number of thiophene rings is 1. The first-order valence-electron chi connectivity index (χ1n) is 14.2. The van der Waals surface area contributed by atoms with Gasteiger partial charge in [0.25, 0.3) is 11.8 Å². The lowest BCUT2D eigenvalue weighted by molar-refractivity contribution is 0.0604. The summed E-state index contributed by atoms with van der Waals surface area (Å²) in [4.78, 5) is 30.0. The molecular weight excluding hydrogens is 592 g/mol. The monoisotopic (exact) mass is 625 g/mol. The Hall–Kier alpha value is -3.53. The maximum Gasteiger partial charge on any atom is 0.266 e. The molecule has 0 aliphatic heterocycles. The summed E-state index contributed by atoms with van der Waals surface area (Å²) in [5.41, 5.74) is 3.18. The SMILES string of the molecule is CN[C@H]1CC[C@@H](N(Cc2cc(-c3ccc(C(=O)N(C)C)cc3)ccc2OC)C(=O)c2sc3c(F)ccc(F)c3c2Cl)CC1. The second kappa shape index (κ2) is 13.0. The summed E-state index contributed by atoms with van der Waals surface area (Å²) >= 11 is 7.46. The van der Waals surface area contributed by atoms with Crippen molar-refractivity contribution >= 4 is 44.8 Å². The number of hydrogen-bond donors (Lipinski definition) is 1. The van der Waals surface area contributed by atoms with Crippen molar-refractivity contribution in [2.45, 2.75) is 44.3 Å². The molecule has 1 saturated carbocycles. The van der Waals surface area contributed by atoms with Gasteiger partial charge in [-0.2, -0.15) is 0 Å². The number of methoxy groups -OCH3 is 1. The van der Waals surface area contributed by atoms with Crippen molar-refractivity contribution in [1.29, 1.82) is 0 Å². The van der Waals surface area contributed by atoms with E-state index in [4.69, 9.17) is 16.3 Å². The van der Waals surface area contributed by atoms with E-state index in [-0.39, 0.29) is 44.4 Å². The van der Waals surface area contributed by atoms with Crippen LogP contribution in [0.2, 0.25) is 5.02 Å². The highest BCUT2D eigenvalue weighted by Gasteiger charge is 2.33. The van der Waals surface area contributed by atoms with Crippen LogP contribution < -0.4 is 10.1 Å². The van der Waals surface area contributed by atoms with Crippen molar-refractivity contribution in [3.05, 3.63) is 87.3 Å². The van der Waals surface area contributed by atoms with Crippen molar-refractivity contribution in [2.24, 2.45) is 0 Å². The van der Waals surface area contributed by atoms with E-state index in [0.29, 0.717) is 17.4 Å². The van der Waals surface area contributed by atoms with Crippen LogP contribution in [0.1, 0.15) is 51.3 Å². The lowest BCUT2D eigenvalue weighted by Gasteiger charge is -2.37. The molecule has 0 bridgehead atoms. The fourth-order valence-corrected chi connectivity index (χ4v) is 7.24. The maximum absolute atomic E-state index is 14.7. The average molecular weight is 626 g/mol. The molecule has 1 aliphatic rings. The highest BCUT2D eigenvalue weighted by molar-refractivity contribution is 7.21. The Labute approximate surface area is 259 Å². The van der Waals surface area contributed by atoms with Crippen molar-refractivity contribution in [3.63, 3.8) is 0 Å². The minimum absolute atomic E-state index is 0.0305. The summed E-state index contributed by atoms with van der Waals surface area (Å²) in [6.45, 7) is 0.220. The molecule has 5 rings (SSSR count). The number of hydrogen-bond acceptors (Lipinski definition) is 5. The fraction of sp³-hybridized carbons (Fsp3) is 0.333. The molecule has 4 aromatic rings. The van der Waals surface area contributed by atoms with Gasteiger partial charge in [0.2, 0.25) is 0 Å². The number of ether oxygens (including phenoxy) is 1. The van der Waals surface area contributed by atoms with Crippen LogP contribution in [0, 0.1) is 11.6 Å². The van der Waals surface area contributed by atoms with Crippen LogP contribution in [-0.4, -0.2) is 62.0 Å². The molecule has 1 aliphatic carbocycles. The Bertz CT molecular complexity index is 1650. The zero-order chi connectivity index (χ0) is 30.8. The van der Waals surface area contributed by atoms with Gasteiger partial charge < -0.3 is 19.9 Å². The van der Waals surface area contributed by atoms with E-state index in [1.54, 1.807) is 38.2 Å². The molecule has 3 aromatic carbocycles. The largest absolute Gasteiger partial charge is 0.496 e. The van der Waals surface area contributed by atoms with E-state index in [1.807, 2.05) is 37.4 Å². The van der Waals surface area contributed by atoms with E-state index in [2.05, 4.69) is 5.32 Å². The van der Waals surface area contributed by atoms with Crippen LogP contribution in [0.5, 0.6) is 5.75 Å². The zero-order valence-corrected chi connectivity index (χ0v) is 26.1. The number of carbonyl (C=O) groups excluding carboxylic acids is 2. The number of halogens is 3. The van der Waals surface area contributed by atoms with Crippen molar-refractivity contribution < 1.29 is 23.1 Å². The van der Waals surface area contributed by atoms with Gasteiger partial charge in [-0.25, -0.2) is 8.78 Å². The highest BCUT2D eigenvalue weighted by atomic mass is 35.5. The Morgan fingerprint density at radius 2 is 1.60 bits per heavy atom. The van der Waals surface area contributed by atoms with Crippen molar-refractivity contribution in [3.8, 4) is 16.9 Å². The standard InChI is InChI=1S/C33H34ClF2N3O3S/c1-37-23-10-12-24(13-11-23)39(33(41)31-29(34)28-25(35)14-15-26(36)30(28)43-31)18-22-17-21(9-16-27(22)42-4)19-5-7-20(8-6-19)32(40)38(2)3/h5-9,14-17,23-24,37H,10-13,18H2,1-4H3/t23-,24+. The molecule has 0 spiro atoms. The first-order valence-corrected chi connectivity index (χ1v) is 15.4. The van der Waals surface area contributed by atoms with E-state index < -0.39 is 11.6 Å². The third kappa shape index (κ3) is 6.25. The third-order valence-electron chi connectivity index (χ3n) is 8.18. The number of nitrogens with one attached hydrogen (secondary N) is 1. The zero-order valence-electron chi connectivity index (χ0n) is 24.5. The van der Waals surface area contributed by atoms with Gasteiger partial charge in [-0.3, -0.25) is 9.59 Å². The quantitative estimate of drug-likeness (QED) is 0.222. The van der Waals surface area contributed by atoms with Gasteiger partial charge in [0.1, 0.15) is 22.3 Å². The molecule has 0 atom stereocenters. The number of fused-ring (bicyclic) bond motifs is 1. The van der Waals surface area contributed by atoms with Gasteiger partial charge in [-0.15, -0.1) is 11.3 Å². The van der Waals surface area contributed by atoms with Crippen LogP contribution in [0.4, 0.5) is 8.78 Å². The van der Waals surface area contributed by atoms with Gasteiger partial charge in [0.05, 0.1) is 22.2 Å². The summed E-state index contributed by atoms with van der Waals surface area (Å²) in [5.74, 6) is -1.10. The predicted octanol–water partition coefficient (Wildman–Crippen LogP) is 7.38. The summed E-state index contributed by atoms with van der Waals surface area (Å²) in [5, 5.41) is 3.19. The normalized spacial score (nSPS) is 16.7. The molecule has 43 heavy (non-hydrogen) atoms. The first kappa shape index (κ1) is 30.9. The molecule has 10 heteroatoms. The molecule has 1 aromatic heterocycles. The highest BCUT2D eigenvalue weighted by Crippen LogP contribution is 2.40. The summed E-state index contributed by atoms with van der Waals surface area (Å²) < 4.78 is 35.1. The molecule has 6 nitrogen and oxygen atoms in total. The number of carbonyl (C=O) groups is 2. The van der Waals surface area contributed by atoms with E-state index in [0.717, 1.165) is 65.8 Å². The van der Waals surface area contributed by atoms with Crippen molar-refractivity contribution in [1.82, 2.24) is 15.1 Å². The third-order valence-corrected chi connectivity index (χ3v) is 9.85. The number of amides is 2. The average Bonchev–Trinajstić information content (AvgIpc) is 3.39. The molecule has 1 N–H and O–H groups in total. The van der Waals surface area contributed by atoms with Crippen molar-refractivity contribution in [2.75, 3.05) is 28.3 Å². The van der Waals surface area contributed by atoms with Crippen LogP contribution >= 0.6 is 22.9 Å². The molecule has 2 amide bonds. The Balaban J connectivity index is 1.53. The van der Waals surface area contributed by atoms with E-state index in [1.165, 1.54) is 4.90 Å². The first-order chi connectivity index (χ1) is 20.6. The van der Waals surface area contributed by atoms with Crippen LogP contribution in [0.25, 0.3) is 21.2 Å². The summed E-state index contributed by atoms with van der Waals surface area (Å²) in [6, 6.07) is 15.5. The van der Waals surface area contributed by atoms with Gasteiger partial charge in [-0.05, 0) is 80.3 Å². The van der Waals surface area contributed by atoms with Crippen LogP contribution in [0.15, 0.2) is 54.6 Å². The topological polar surface area (TPSA) is 61.9 Å². The Kier molecular flexibility index (Phi) is 9.34. The molecule has 226 valence electrons. The predicted molar refractivity (Wildman–Crippen MR) is 168 cm³/mol. The molecule has 0 unspecified atom stereocenters. The number of benzene rings is 3. The van der Waals surface area contributed by atoms with Crippen LogP contribution in [-0.2, 0) is 6.54 Å². The van der Waals surface area contributed by atoms with Gasteiger partial charge >= 0.3 is 0 Å². The molecule has 0 saturated heterocycles. The molecule has 0 radical (unpaired) electrons. The fourth-order valence-electron chi connectivity index (χ4n) is 5.74. The summed E-state index contributed by atoms with van der Waals surface area (Å²) in [6.07, 6.45) is 3.32. The van der Waals surface area contributed by atoms with Gasteiger partial charge in [0.15, 0.2) is 0 Å². The second-order valence-corrected chi connectivity index (χ2v) is 12.4. The molecular formula is C33H34ClF2N3O3S. The van der Waals surface area contributed by atoms with Gasteiger partial charge in [0, 0.05) is 43.9 Å². The lowest BCUT2D eigenvalue weighted by Crippen LogP contribution is -2.44.